The first-order valence-electron chi connectivity index (χ1n) is 6.30. The predicted molar refractivity (Wildman–Crippen MR) is 69.4 cm³/mol. The van der Waals surface area contributed by atoms with Gasteiger partial charge >= 0.3 is 0 Å². The third kappa shape index (κ3) is 4.12. The maximum absolute atomic E-state index is 11.8. The summed E-state index contributed by atoms with van der Waals surface area (Å²) in [4.78, 5) is 11.8. The Morgan fingerprint density at radius 2 is 2.18 bits per heavy atom. The Morgan fingerprint density at radius 3 is 2.76 bits per heavy atom. The normalized spacial score (nSPS) is 27.2. The summed E-state index contributed by atoms with van der Waals surface area (Å²) in [6.45, 7) is 5.19. The fourth-order valence-electron chi connectivity index (χ4n) is 2.55. The molecule has 0 bridgehead atoms. The molecule has 1 saturated heterocycles. The van der Waals surface area contributed by atoms with Gasteiger partial charge in [-0.3, -0.25) is 4.79 Å². The van der Waals surface area contributed by atoms with Gasteiger partial charge in [0.05, 0.1) is 6.61 Å². The highest BCUT2D eigenvalue weighted by atomic mass is 35.5. The Kier molecular flexibility index (Phi) is 5.70. The van der Waals surface area contributed by atoms with Gasteiger partial charge in [0.2, 0.25) is 5.91 Å². The largest absolute Gasteiger partial charge is 0.366 e. The van der Waals surface area contributed by atoms with Crippen molar-refractivity contribution in [1.82, 2.24) is 10.6 Å². The van der Waals surface area contributed by atoms with E-state index < -0.39 is 0 Å². The van der Waals surface area contributed by atoms with E-state index in [1.807, 2.05) is 0 Å². The van der Waals surface area contributed by atoms with Crippen molar-refractivity contribution in [3.63, 3.8) is 0 Å². The summed E-state index contributed by atoms with van der Waals surface area (Å²) in [6.07, 6.45) is 4.77. The first-order valence-corrected chi connectivity index (χ1v) is 6.30. The van der Waals surface area contributed by atoms with Crippen LogP contribution in [0.1, 0.15) is 32.6 Å². The van der Waals surface area contributed by atoms with Gasteiger partial charge in [0.1, 0.15) is 6.10 Å². The minimum Gasteiger partial charge on any atom is -0.366 e. The second-order valence-corrected chi connectivity index (χ2v) is 5.30. The molecule has 1 aliphatic carbocycles. The third-order valence-electron chi connectivity index (χ3n) is 3.72. The molecule has 1 unspecified atom stereocenters. The van der Waals surface area contributed by atoms with Crippen LogP contribution in [0.25, 0.3) is 0 Å². The van der Waals surface area contributed by atoms with Crippen molar-refractivity contribution in [2.45, 2.75) is 38.7 Å². The van der Waals surface area contributed by atoms with E-state index in [1.54, 1.807) is 0 Å². The van der Waals surface area contributed by atoms with Crippen LogP contribution in [0.2, 0.25) is 0 Å². The van der Waals surface area contributed by atoms with Gasteiger partial charge in [-0.05, 0) is 18.3 Å². The van der Waals surface area contributed by atoms with E-state index in [1.165, 1.54) is 25.7 Å². The summed E-state index contributed by atoms with van der Waals surface area (Å²) >= 11 is 0. The number of carbonyl (C=O) groups excluding carboxylic acids is 1. The van der Waals surface area contributed by atoms with E-state index in [4.69, 9.17) is 4.74 Å². The Bertz CT molecular complexity index is 249. The van der Waals surface area contributed by atoms with Gasteiger partial charge < -0.3 is 15.4 Å². The molecule has 0 aromatic heterocycles. The second kappa shape index (κ2) is 6.57. The van der Waals surface area contributed by atoms with Gasteiger partial charge in [-0.25, -0.2) is 0 Å². The van der Waals surface area contributed by atoms with Crippen LogP contribution in [0, 0.1) is 5.41 Å². The molecule has 1 atom stereocenters. The zero-order valence-corrected chi connectivity index (χ0v) is 11.3. The minimum absolute atomic E-state index is 0. The third-order valence-corrected chi connectivity index (χ3v) is 3.72. The van der Waals surface area contributed by atoms with Crippen molar-refractivity contribution >= 4 is 18.3 Å². The fourth-order valence-corrected chi connectivity index (χ4v) is 2.55. The van der Waals surface area contributed by atoms with Crippen molar-refractivity contribution in [3.8, 4) is 0 Å². The van der Waals surface area contributed by atoms with E-state index in [0.717, 1.165) is 13.1 Å². The standard InChI is InChI=1S/C12H22N2O2.ClH/c1-12(4-2-3-5-12)9-14-11(15)10-8-13-6-7-16-10;/h10,13H,2-9H2,1H3,(H,14,15);1H. The fraction of sp³-hybridized carbons (Fsp3) is 0.917. The van der Waals surface area contributed by atoms with E-state index in [9.17, 15) is 4.79 Å². The van der Waals surface area contributed by atoms with Crippen molar-refractivity contribution in [2.75, 3.05) is 26.2 Å². The van der Waals surface area contributed by atoms with E-state index in [0.29, 0.717) is 18.6 Å². The molecule has 2 fully saturated rings. The molecular weight excluding hydrogens is 240 g/mol. The Morgan fingerprint density at radius 1 is 1.47 bits per heavy atom. The number of halogens is 1. The molecule has 17 heavy (non-hydrogen) atoms. The van der Waals surface area contributed by atoms with Gasteiger partial charge in [-0.2, -0.15) is 0 Å². The molecule has 1 aliphatic heterocycles. The molecule has 2 N–H and O–H groups in total. The summed E-state index contributed by atoms with van der Waals surface area (Å²) in [5, 5.41) is 6.20. The molecule has 2 rings (SSSR count). The molecular formula is C12H23ClN2O2. The molecule has 0 radical (unpaired) electrons. The Hall–Kier alpha value is -0.320. The summed E-state index contributed by atoms with van der Waals surface area (Å²) in [5.41, 5.74) is 0.317. The second-order valence-electron chi connectivity index (χ2n) is 5.30. The van der Waals surface area contributed by atoms with E-state index in [2.05, 4.69) is 17.6 Å². The summed E-state index contributed by atoms with van der Waals surface area (Å²) in [6, 6.07) is 0. The van der Waals surface area contributed by atoms with Gasteiger partial charge in [-0.1, -0.05) is 19.8 Å². The van der Waals surface area contributed by atoms with Gasteiger partial charge in [0, 0.05) is 19.6 Å². The molecule has 100 valence electrons. The molecule has 2 aliphatic rings. The summed E-state index contributed by atoms with van der Waals surface area (Å²) in [5.74, 6) is 0.0420. The number of hydrogen-bond acceptors (Lipinski definition) is 3. The number of carbonyl (C=O) groups is 1. The van der Waals surface area contributed by atoms with Crippen LogP contribution in [0.3, 0.4) is 0 Å². The number of amides is 1. The van der Waals surface area contributed by atoms with E-state index in [-0.39, 0.29) is 24.4 Å². The maximum Gasteiger partial charge on any atom is 0.250 e. The van der Waals surface area contributed by atoms with Crippen molar-refractivity contribution in [1.29, 1.82) is 0 Å². The highest BCUT2D eigenvalue weighted by Crippen LogP contribution is 2.36. The monoisotopic (exact) mass is 262 g/mol. The zero-order chi connectivity index (χ0) is 11.4. The molecule has 5 heteroatoms. The lowest BCUT2D eigenvalue weighted by Gasteiger charge is -2.27. The van der Waals surface area contributed by atoms with Crippen LogP contribution >= 0.6 is 12.4 Å². The maximum atomic E-state index is 11.8. The summed E-state index contributed by atoms with van der Waals surface area (Å²) in [7, 11) is 0. The first kappa shape index (κ1) is 14.7. The van der Waals surface area contributed by atoms with Crippen LogP contribution in [0.5, 0.6) is 0 Å². The summed E-state index contributed by atoms with van der Waals surface area (Å²) < 4.78 is 5.41. The van der Waals surface area contributed by atoms with Crippen molar-refractivity contribution in [2.24, 2.45) is 5.41 Å². The smallest absolute Gasteiger partial charge is 0.250 e. The number of ether oxygens (including phenoxy) is 1. The molecule has 1 amide bonds. The number of nitrogens with one attached hydrogen (secondary N) is 2. The van der Waals surface area contributed by atoms with Gasteiger partial charge in [0.25, 0.3) is 0 Å². The van der Waals surface area contributed by atoms with Crippen LogP contribution in [0.15, 0.2) is 0 Å². The lowest BCUT2D eigenvalue weighted by atomic mass is 9.89. The van der Waals surface area contributed by atoms with Crippen molar-refractivity contribution in [3.05, 3.63) is 0 Å². The predicted octanol–water partition coefficient (Wildman–Crippen LogP) is 1.09. The molecule has 0 aromatic rings. The number of rotatable bonds is 3. The molecule has 0 spiro atoms. The van der Waals surface area contributed by atoms with Crippen LogP contribution in [-0.2, 0) is 9.53 Å². The van der Waals surface area contributed by atoms with Crippen LogP contribution in [0.4, 0.5) is 0 Å². The molecule has 4 nitrogen and oxygen atoms in total. The van der Waals surface area contributed by atoms with Crippen molar-refractivity contribution < 1.29 is 9.53 Å². The van der Waals surface area contributed by atoms with E-state index >= 15 is 0 Å². The quantitative estimate of drug-likeness (QED) is 0.801. The lowest BCUT2D eigenvalue weighted by molar-refractivity contribution is -0.134. The zero-order valence-electron chi connectivity index (χ0n) is 10.5. The molecule has 0 aromatic carbocycles. The lowest BCUT2D eigenvalue weighted by Crippen LogP contribution is -2.49. The Balaban J connectivity index is 0.00000144. The highest BCUT2D eigenvalue weighted by molar-refractivity contribution is 5.85. The van der Waals surface area contributed by atoms with Gasteiger partial charge in [-0.15, -0.1) is 12.4 Å². The minimum atomic E-state index is -0.293. The molecule has 1 heterocycles. The first-order chi connectivity index (χ1) is 7.70. The SMILES string of the molecule is CC1(CNC(=O)C2CNCCO2)CCCC1.Cl. The molecule has 1 saturated carbocycles. The number of hydrogen-bond donors (Lipinski definition) is 2. The van der Waals surface area contributed by atoms with Crippen LogP contribution < -0.4 is 10.6 Å². The average molecular weight is 263 g/mol. The highest BCUT2D eigenvalue weighted by Gasteiger charge is 2.30. The van der Waals surface area contributed by atoms with Gasteiger partial charge in [0.15, 0.2) is 0 Å². The number of morpholine rings is 1. The Labute approximate surface area is 109 Å². The topological polar surface area (TPSA) is 50.4 Å². The van der Waals surface area contributed by atoms with Crippen LogP contribution in [-0.4, -0.2) is 38.3 Å². The average Bonchev–Trinajstić information content (AvgIpc) is 2.75.